The van der Waals surface area contributed by atoms with Crippen molar-refractivity contribution in [2.24, 2.45) is 0 Å². The molecule has 0 bridgehead atoms. The van der Waals surface area contributed by atoms with Crippen molar-refractivity contribution in [1.29, 1.82) is 0 Å². The smallest absolute Gasteiger partial charge is 0.433 e. The van der Waals surface area contributed by atoms with Crippen LogP contribution in [-0.2, 0) is 28.5 Å². The first-order chi connectivity index (χ1) is 28.8. The van der Waals surface area contributed by atoms with E-state index in [4.69, 9.17) is 23.7 Å². The van der Waals surface area contributed by atoms with Gasteiger partial charge in [0.1, 0.15) is 25.4 Å². The van der Waals surface area contributed by atoms with Gasteiger partial charge in [0.25, 0.3) is 5.56 Å². The lowest BCUT2D eigenvalue weighted by atomic mass is 9.98. The standard InChI is InChI=1S/C45H43N2O12P/c1-60(2,3)21-20-36-37(48)38(49)41(57-36)47-22-33(40(50)46-43(47)52)39(58-44(53)55-23-34-29-16-8-4-12-25(29)26-13-5-9-17-30(26)34)42(51)59-45(54)56-24-35-31-18-10-6-14-27(31)28-15-7-11-19-32(28)35/h4-19,22,34-39,41,48-49H,1,20-21,23-24H2,2-3H3,(H,46,50,52)/t36-,37-,38-,39?,41?/m1/s1. The zero-order chi connectivity index (χ0) is 42.3. The lowest BCUT2D eigenvalue weighted by molar-refractivity contribution is -0.151. The van der Waals surface area contributed by atoms with Gasteiger partial charge in [0, 0.05) is 18.0 Å². The maximum absolute atomic E-state index is 13.9. The van der Waals surface area contributed by atoms with E-state index in [1.807, 2.05) is 110 Å². The van der Waals surface area contributed by atoms with Crippen molar-refractivity contribution in [1.82, 2.24) is 9.55 Å². The second kappa shape index (κ2) is 16.5. The molecule has 5 aromatic rings. The first kappa shape index (κ1) is 40.7. The molecule has 5 atom stereocenters. The summed E-state index contributed by atoms with van der Waals surface area (Å²) < 4.78 is 28.2. The number of ether oxygens (including phenoxy) is 5. The second-order valence-electron chi connectivity index (χ2n) is 15.7. The molecule has 0 spiro atoms. The van der Waals surface area contributed by atoms with Crippen LogP contribution in [0.1, 0.15) is 58.4 Å². The van der Waals surface area contributed by atoms with Crippen LogP contribution in [0.5, 0.6) is 0 Å². The van der Waals surface area contributed by atoms with Gasteiger partial charge in [-0.1, -0.05) is 97.1 Å². The van der Waals surface area contributed by atoms with Gasteiger partial charge in [0.05, 0.1) is 11.7 Å². The number of benzene rings is 4. The van der Waals surface area contributed by atoms with Crippen LogP contribution in [0.2, 0.25) is 0 Å². The Labute approximate surface area is 344 Å². The van der Waals surface area contributed by atoms with Gasteiger partial charge in [-0.05, 0) is 70.4 Å². The number of carbonyl (C=O) groups excluding carboxylic acids is 3. The highest BCUT2D eigenvalue weighted by Gasteiger charge is 2.45. The zero-order valence-corrected chi connectivity index (χ0v) is 33.7. The Hall–Kier alpha value is -6.05. The Kier molecular flexibility index (Phi) is 11.2. The minimum Gasteiger partial charge on any atom is -0.433 e. The van der Waals surface area contributed by atoms with E-state index in [9.17, 15) is 34.2 Å². The summed E-state index contributed by atoms with van der Waals surface area (Å²) in [6.07, 6.45) is -4.62. The Morgan fingerprint density at radius 3 is 1.70 bits per heavy atom. The Morgan fingerprint density at radius 2 is 1.22 bits per heavy atom. The minimum atomic E-state index is -2.28. The Morgan fingerprint density at radius 1 is 0.750 bits per heavy atom. The summed E-state index contributed by atoms with van der Waals surface area (Å²) in [4.78, 5) is 69.2. The molecule has 8 rings (SSSR count). The molecule has 0 radical (unpaired) electrons. The maximum Gasteiger partial charge on any atom is 0.516 e. The van der Waals surface area contributed by atoms with Crippen molar-refractivity contribution in [2.45, 2.75) is 48.9 Å². The third kappa shape index (κ3) is 7.99. The number of nitrogens with zero attached hydrogens (tertiary/aromatic N) is 1. The second-order valence-corrected chi connectivity index (χ2v) is 20.1. The number of carbonyl (C=O) groups is 3. The van der Waals surface area contributed by atoms with Crippen molar-refractivity contribution in [3.63, 3.8) is 0 Å². The number of H-pyrrole nitrogens is 1. The SMILES string of the molecule is C=P(C)(C)CC[C@H]1OC(n2cc(C(OC(=O)OCC3c4ccccc4-c4ccccc43)C(=O)OC(=O)OCC3c4ccccc4-c4ccccc43)c(=O)[nH]c2=O)[C@H](O)[C@@H]1O. The zero-order valence-electron chi connectivity index (χ0n) is 32.8. The third-order valence-corrected chi connectivity index (χ3v) is 12.6. The number of aromatic amines is 1. The predicted molar refractivity (Wildman–Crippen MR) is 223 cm³/mol. The summed E-state index contributed by atoms with van der Waals surface area (Å²) in [5.74, 6) is -2.31. The average molecular weight is 835 g/mol. The van der Waals surface area contributed by atoms with E-state index in [1.54, 1.807) is 0 Å². The molecule has 1 saturated heterocycles. The first-order valence-corrected chi connectivity index (χ1v) is 22.5. The van der Waals surface area contributed by atoms with E-state index in [0.717, 1.165) is 55.3 Å². The molecule has 0 saturated carbocycles. The van der Waals surface area contributed by atoms with Crippen LogP contribution < -0.4 is 11.2 Å². The van der Waals surface area contributed by atoms with Crippen LogP contribution in [0.25, 0.3) is 22.3 Å². The van der Waals surface area contributed by atoms with Crippen LogP contribution in [0.3, 0.4) is 0 Å². The number of aliphatic hydroxyl groups is 2. The molecular weight excluding hydrogens is 791 g/mol. The maximum atomic E-state index is 13.9. The number of hydrogen-bond donors (Lipinski definition) is 3. The van der Waals surface area contributed by atoms with Gasteiger partial charge in [0.2, 0.25) is 6.10 Å². The van der Waals surface area contributed by atoms with Crippen LogP contribution in [0.15, 0.2) is 113 Å². The molecule has 60 heavy (non-hydrogen) atoms. The normalized spacial score (nSPS) is 19.7. The molecule has 2 heterocycles. The molecular formula is C45H43N2O12P. The molecule has 1 aromatic heterocycles. The van der Waals surface area contributed by atoms with E-state index in [1.165, 1.54) is 0 Å². The monoisotopic (exact) mass is 834 g/mol. The van der Waals surface area contributed by atoms with E-state index in [-0.39, 0.29) is 19.1 Å². The van der Waals surface area contributed by atoms with Crippen molar-refractivity contribution in [2.75, 3.05) is 32.7 Å². The van der Waals surface area contributed by atoms with Gasteiger partial charge in [0.15, 0.2) is 6.23 Å². The van der Waals surface area contributed by atoms with Gasteiger partial charge >= 0.3 is 24.0 Å². The highest BCUT2D eigenvalue weighted by atomic mass is 31.2. The molecule has 0 amide bonds. The number of rotatable bonds is 11. The number of aliphatic hydroxyl groups excluding tert-OH is 2. The molecule has 15 heteroatoms. The number of aromatic nitrogens is 2. The molecule has 1 fully saturated rings. The van der Waals surface area contributed by atoms with Crippen molar-refractivity contribution in [3.8, 4) is 22.3 Å². The van der Waals surface area contributed by atoms with Crippen molar-refractivity contribution >= 4 is 31.5 Å². The minimum absolute atomic E-state index is 0.211. The molecule has 3 N–H and O–H groups in total. The molecule has 4 aromatic carbocycles. The summed E-state index contributed by atoms with van der Waals surface area (Å²) >= 11 is 0. The van der Waals surface area contributed by atoms with Crippen LogP contribution in [0.4, 0.5) is 9.59 Å². The molecule has 3 aliphatic rings. The largest absolute Gasteiger partial charge is 0.516 e. The summed E-state index contributed by atoms with van der Waals surface area (Å²) in [5.41, 5.74) is 4.59. The number of esters is 1. The summed E-state index contributed by atoms with van der Waals surface area (Å²) in [5, 5.41) is 21.8. The van der Waals surface area contributed by atoms with E-state index >= 15 is 0 Å². The van der Waals surface area contributed by atoms with Gasteiger partial charge in [-0.2, -0.15) is 0 Å². The molecule has 14 nitrogen and oxygen atoms in total. The first-order valence-electron chi connectivity index (χ1n) is 19.4. The van der Waals surface area contributed by atoms with E-state index in [0.29, 0.717) is 12.6 Å². The predicted octanol–water partition coefficient (Wildman–Crippen LogP) is 5.75. The van der Waals surface area contributed by atoms with Gasteiger partial charge in [-0.25, -0.2) is 19.2 Å². The van der Waals surface area contributed by atoms with E-state index in [2.05, 4.69) is 11.3 Å². The topological polar surface area (TPSA) is 193 Å². The lowest BCUT2D eigenvalue weighted by Gasteiger charge is -2.21. The average Bonchev–Trinajstić information content (AvgIpc) is 3.83. The van der Waals surface area contributed by atoms with E-state index < -0.39 is 78.5 Å². The van der Waals surface area contributed by atoms with Gasteiger partial charge in [-0.3, -0.25) is 14.3 Å². The van der Waals surface area contributed by atoms with Gasteiger partial charge < -0.3 is 33.9 Å². The Balaban J connectivity index is 1.04. The number of hydrogen-bond acceptors (Lipinski definition) is 12. The third-order valence-electron chi connectivity index (χ3n) is 11.2. The fourth-order valence-corrected chi connectivity index (χ4v) is 9.22. The highest BCUT2D eigenvalue weighted by Crippen LogP contribution is 2.46. The van der Waals surface area contributed by atoms with Crippen molar-refractivity contribution < 1.29 is 48.3 Å². The summed E-state index contributed by atoms with van der Waals surface area (Å²) in [6, 6.07) is 30.5. The highest BCUT2D eigenvalue weighted by molar-refractivity contribution is 7.72. The summed E-state index contributed by atoms with van der Waals surface area (Å²) in [7, 11) is 0. The molecule has 2 unspecified atom stereocenters. The molecule has 310 valence electrons. The van der Waals surface area contributed by atoms with Crippen LogP contribution in [0, 0.1) is 0 Å². The molecule has 2 aliphatic carbocycles. The Bertz CT molecular complexity index is 2560. The van der Waals surface area contributed by atoms with Gasteiger partial charge in [-0.15, -0.1) is 13.2 Å². The van der Waals surface area contributed by atoms with Crippen LogP contribution in [-0.4, -0.2) is 95.4 Å². The fraction of sp³-hybridized carbons (Fsp3) is 0.289. The quantitative estimate of drug-likeness (QED) is 0.0830. The fourth-order valence-electron chi connectivity index (χ4n) is 8.27. The van der Waals surface area contributed by atoms with Crippen LogP contribution >= 0.6 is 6.89 Å². The number of nitrogens with one attached hydrogen (secondary N) is 1. The van der Waals surface area contributed by atoms with Crippen molar-refractivity contribution in [3.05, 3.63) is 152 Å². The molecule has 1 aliphatic heterocycles. The lowest BCUT2D eigenvalue weighted by Crippen LogP contribution is -2.40. The summed E-state index contributed by atoms with van der Waals surface area (Å²) in [6.45, 7) is 2.02. The number of fused-ring (bicyclic) bond motifs is 6.